The van der Waals surface area contributed by atoms with E-state index in [9.17, 15) is 0 Å². The van der Waals surface area contributed by atoms with Crippen LogP contribution in [0, 0.1) is 13.8 Å². The highest BCUT2D eigenvalue weighted by molar-refractivity contribution is 7.11. The van der Waals surface area contributed by atoms with Crippen LogP contribution in [0.1, 0.15) is 35.5 Å². The van der Waals surface area contributed by atoms with E-state index in [1.54, 1.807) is 11.3 Å². The molecule has 2 rings (SSSR count). The first-order valence-corrected chi connectivity index (χ1v) is 7.88. The van der Waals surface area contributed by atoms with Gasteiger partial charge >= 0.3 is 0 Å². The Bertz CT molecular complexity index is 401. The number of ether oxygens (including phenoxy) is 1. The van der Waals surface area contributed by atoms with Gasteiger partial charge in [0, 0.05) is 36.6 Å². The van der Waals surface area contributed by atoms with Gasteiger partial charge in [-0.2, -0.15) is 0 Å². The number of morpholine rings is 1. The molecule has 19 heavy (non-hydrogen) atoms. The van der Waals surface area contributed by atoms with E-state index >= 15 is 0 Å². The number of aromatic nitrogens is 1. The van der Waals surface area contributed by atoms with E-state index < -0.39 is 0 Å². The van der Waals surface area contributed by atoms with Crippen molar-refractivity contribution in [2.24, 2.45) is 0 Å². The predicted octanol–water partition coefficient (Wildman–Crippen LogP) is 2.13. The summed E-state index contributed by atoms with van der Waals surface area (Å²) in [6.45, 7) is 13.6. The van der Waals surface area contributed by atoms with Gasteiger partial charge in [0.25, 0.3) is 0 Å². The maximum Gasteiger partial charge on any atom is 0.0900 e. The highest BCUT2D eigenvalue weighted by atomic mass is 32.1. The van der Waals surface area contributed by atoms with Gasteiger partial charge in [-0.3, -0.25) is 4.90 Å². The third-order valence-electron chi connectivity index (χ3n) is 3.50. The number of hydrogen-bond donors (Lipinski definition) is 1. The highest BCUT2D eigenvalue weighted by Crippen LogP contribution is 2.24. The fourth-order valence-electron chi connectivity index (χ4n) is 2.67. The molecule has 0 radical (unpaired) electrons. The Morgan fingerprint density at radius 1 is 1.32 bits per heavy atom. The van der Waals surface area contributed by atoms with E-state index in [0.29, 0.717) is 12.1 Å². The number of hydrogen-bond acceptors (Lipinski definition) is 5. The summed E-state index contributed by atoms with van der Waals surface area (Å²) in [4.78, 5) is 8.34. The largest absolute Gasteiger partial charge is 0.379 e. The zero-order valence-corrected chi connectivity index (χ0v) is 13.2. The molecule has 1 aromatic rings. The lowest BCUT2D eigenvalue weighted by Crippen LogP contribution is -2.44. The van der Waals surface area contributed by atoms with Crippen LogP contribution < -0.4 is 5.32 Å². The molecule has 0 spiro atoms. The molecule has 1 fully saturated rings. The Labute approximate surface area is 120 Å². The van der Waals surface area contributed by atoms with Crippen molar-refractivity contribution in [1.29, 1.82) is 0 Å². The smallest absolute Gasteiger partial charge is 0.0900 e. The lowest BCUT2D eigenvalue weighted by molar-refractivity contribution is 0.0339. The summed E-state index contributed by atoms with van der Waals surface area (Å²) >= 11 is 1.80. The average Bonchev–Trinajstić information content (AvgIpc) is 2.69. The molecule has 0 aromatic carbocycles. The minimum atomic E-state index is 0.377. The van der Waals surface area contributed by atoms with Crippen molar-refractivity contribution in [1.82, 2.24) is 15.2 Å². The number of nitrogens with one attached hydrogen (secondary N) is 1. The Morgan fingerprint density at radius 2 is 2.00 bits per heavy atom. The molecule has 1 aliphatic heterocycles. The summed E-state index contributed by atoms with van der Waals surface area (Å²) in [5.74, 6) is 0. The number of thiazole rings is 1. The Hall–Kier alpha value is -0.490. The van der Waals surface area contributed by atoms with Gasteiger partial charge in [0.1, 0.15) is 0 Å². The van der Waals surface area contributed by atoms with Crippen molar-refractivity contribution < 1.29 is 4.74 Å². The SMILES string of the molecule is Cc1nc(C)c(C(C)NC(C)CN2CCOCC2)s1. The summed E-state index contributed by atoms with van der Waals surface area (Å²) in [6.07, 6.45) is 0. The summed E-state index contributed by atoms with van der Waals surface area (Å²) < 4.78 is 5.38. The van der Waals surface area contributed by atoms with Crippen molar-refractivity contribution in [3.63, 3.8) is 0 Å². The standard InChI is InChI=1S/C14H25N3OS/c1-10(9-17-5-7-18-8-6-17)15-11(2)14-12(3)16-13(4)19-14/h10-11,15H,5-9H2,1-4H3. The molecule has 0 bridgehead atoms. The topological polar surface area (TPSA) is 37.4 Å². The molecular formula is C14H25N3OS. The first kappa shape index (κ1) is 14.9. The summed E-state index contributed by atoms with van der Waals surface area (Å²) in [5.41, 5.74) is 1.17. The van der Waals surface area contributed by atoms with Gasteiger partial charge in [0.2, 0.25) is 0 Å². The molecule has 1 saturated heterocycles. The minimum absolute atomic E-state index is 0.377. The molecular weight excluding hydrogens is 258 g/mol. The average molecular weight is 283 g/mol. The van der Waals surface area contributed by atoms with Crippen LogP contribution in [0.3, 0.4) is 0 Å². The molecule has 1 aliphatic rings. The quantitative estimate of drug-likeness (QED) is 0.898. The molecule has 0 aliphatic carbocycles. The first-order chi connectivity index (χ1) is 9.06. The molecule has 2 heterocycles. The normalized spacial score (nSPS) is 20.4. The molecule has 5 heteroatoms. The lowest BCUT2D eigenvalue weighted by atomic mass is 10.2. The fourth-order valence-corrected chi connectivity index (χ4v) is 3.61. The summed E-state index contributed by atoms with van der Waals surface area (Å²) in [7, 11) is 0. The highest BCUT2D eigenvalue weighted by Gasteiger charge is 2.18. The van der Waals surface area contributed by atoms with E-state index in [1.807, 2.05) is 0 Å². The molecule has 1 N–H and O–H groups in total. The molecule has 1 aromatic heterocycles. The van der Waals surface area contributed by atoms with Crippen LogP contribution in [0.4, 0.5) is 0 Å². The number of nitrogens with zero attached hydrogens (tertiary/aromatic N) is 2. The van der Waals surface area contributed by atoms with E-state index in [-0.39, 0.29) is 0 Å². The number of rotatable bonds is 5. The van der Waals surface area contributed by atoms with Gasteiger partial charge in [-0.05, 0) is 27.7 Å². The van der Waals surface area contributed by atoms with E-state index in [4.69, 9.17) is 4.74 Å². The van der Waals surface area contributed by atoms with Crippen molar-refractivity contribution >= 4 is 11.3 Å². The van der Waals surface area contributed by atoms with Crippen LogP contribution in [-0.2, 0) is 4.74 Å². The molecule has 0 amide bonds. The van der Waals surface area contributed by atoms with Gasteiger partial charge in [-0.1, -0.05) is 0 Å². The lowest BCUT2D eigenvalue weighted by Gasteiger charge is -2.30. The fraction of sp³-hybridized carbons (Fsp3) is 0.786. The van der Waals surface area contributed by atoms with Crippen molar-refractivity contribution in [3.05, 3.63) is 15.6 Å². The second-order valence-corrected chi connectivity index (χ2v) is 6.62. The number of aryl methyl sites for hydroxylation is 2. The second kappa shape index (κ2) is 6.79. The molecule has 2 atom stereocenters. The van der Waals surface area contributed by atoms with Gasteiger partial charge in [0.15, 0.2) is 0 Å². The zero-order valence-electron chi connectivity index (χ0n) is 12.4. The molecule has 108 valence electrons. The van der Waals surface area contributed by atoms with Crippen LogP contribution in [-0.4, -0.2) is 48.8 Å². The zero-order chi connectivity index (χ0) is 13.8. The van der Waals surface area contributed by atoms with Gasteiger partial charge in [0.05, 0.1) is 23.9 Å². The molecule has 2 unspecified atom stereocenters. The maximum atomic E-state index is 5.38. The summed E-state index contributed by atoms with van der Waals surface area (Å²) in [5, 5.41) is 4.84. The van der Waals surface area contributed by atoms with Crippen molar-refractivity contribution in [2.45, 2.75) is 39.8 Å². The van der Waals surface area contributed by atoms with Crippen LogP contribution in [0.15, 0.2) is 0 Å². The first-order valence-electron chi connectivity index (χ1n) is 7.06. The van der Waals surface area contributed by atoms with Gasteiger partial charge in [-0.15, -0.1) is 11.3 Å². The Kier molecular flexibility index (Phi) is 5.33. The van der Waals surface area contributed by atoms with Crippen molar-refractivity contribution in [3.8, 4) is 0 Å². The van der Waals surface area contributed by atoms with Gasteiger partial charge < -0.3 is 10.1 Å². The Morgan fingerprint density at radius 3 is 2.58 bits per heavy atom. The Balaban J connectivity index is 1.84. The van der Waals surface area contributed by atoms with Crippen LogP contribution in [0.25, 0.3) is 0 Å². The van der Waals surface area contributed by atoms with E-state index in [2.05, 4.69) is 42.9 Å². The summed E-state index contributed by atoms with van der Waals surface area (Å²) in [6, 6.07) is 0.858. The third-order valence-corrected chi connectivity index (χ3v) is 4.76. The van der Waals surface area contributed by atoms with Crippen LogP contribution in [0.2, 0.25) is 0 Å². The van der Waals surface area contributed by atoms with Gasteiger partial charge in [-0.25, -0.2) is 4.98 Å². The maximum absolute atomic E-state index is 5.38. The second-order valence-electron chi connectivity index (χ2n) is 5.38. The van der Waals surface area contributed by atoms with E-state index in [0.717, 1.165) is 37.9 Å². The van der Waals surface area contributed by atoms with Crippen molar-refractivity contribution in [2.75, 3.05) is 32.8 Å². The van der Waals surface area contributed by atoms with Crippen LogP contribution >= 0.6 is 11.3 Å². The molecule has 0 saturated carbocycles. The third kappa shape index (κ3) is 4.24. The monoisotopic (exact) mass is 283 g/mol. The van der Waals surface area contributed by atoms with E-state index in [1.165, 1.54) is 10.6 Å². The molecule has 4 nitrogen and oxygen atoms in total. The predicted molar refractivity (Wildman–Crippen MR) is 79.9 cm³/mol. The van der Waals surface area contributed by atoms with Crippen LogP contribution in [0.5, 0.6) is 0 Å². The minimum Gasteiger partial charge on any atom is -0.379 e.